The minimum Gasteiger partial charge on any atom is -0.326 e. The lowest BCUT2D eigenvalue weighted by atomic mass is 10.3. The number of aromatic nitrogens is 2. The molecule has 0 aliphatic rings. The number of benzene rings is 2. The molecule has 3 rings (SSSR count). The van der Waals surface area contributed by atoms with Gasteiger partial charge in [-0.3, -0.25) is 9.52 Å². The van der Waals surface area contributed by atoms with Gasteiger partial charge < -0.3 is 5.32 Å². The zero-order chi connectivity index (χ0) is 18.0. The van der Waals surface area contributed by atoms with Gasteiger partial charge in [0.05, 0.1) is 21.6 Å². The van der Waals surface area contributed by atoms with E-state index in [1.807, 2.05) is 18.2 Å². The fraction of sp³-hybridized carbons (Fsp3) is 0.118. The summed E-state index contributed by atoms with van der Waals surface area (Å²) in [6, 6.07) is 13.1. The van der Waals surface area contributed by atoms with Gasteiger partial charge in [0.2, 0.25) is 5.91 Å². The number of sulfonamides is 1. The summed E-state index contributed by atoms with van der Waals surface area (Å²) >= 11 is 0. The maximum atomic E-state index is 12.6. The Hall–Kier alpha value is -3.00. The number of nitrogens with zero attached hydrogens (tertiary/aromatic N) is 2. The molecule has 3 aromatic rings. The molecule has 0 saturated carbocycles. The number of anilines is 2. The largest absolute Gasteiger partial charge is 0.326 e. The average Bonchev–Trinajstić information content (AvgIpc) is 2.55. The van der Waals surface area contributed by atoms with Crippen LogP contribution in [0.15, 0.2) is 53.4 Å². The molecule has 1 heterocycles. The Balaban J connectivity index is 1.91. The predicted octanol–water partition coefficient (Wildman–Crippen LogP) is 2.70. The van der Waals surface area contributed by atoms with Crippen LogP contribution in [0.1, 0.15) is 12.6 Å². The second kappa shape index (κ2) is 6.48. The molecule has 25 heavy (non-hydrogen) atoms. The summed E-state index contributed by atoms with van der Waals surface area (Å²) in [4.78, 5) is 19.8. The van der Waals surface area contributed by atoms with Crippen molar-refractivity contribution in [3.8, 4) is 0 Å². The highest BCUT2D eigenvalue weighted by atomic mass is 32.2. The Morgan fingerprint density at radius 3 is 2.16 bits per heavy atom. The van der Waals surface area contributed by atoms with Crippen LogP contribution in [0.4, 0.5) is 11.5 Å². The molecule has 128 valence electrons. The number of carbonyl (C=O) groups is 1. The molecule has 0 bridgehead atoms. The lowest BCUT2D eigenvalue weighted by Gasteiger charge is -2.11. The van der Waals surface area contributed by atoms with Gasteiger partial charge in [-0.1, -0.05) is 12.1 Å². The predicted molar refractivity (Wildman–Crippen MR) is 95.8 cm³/mol. The van der Waals surface area contributed by atoms with E-state index in [4.69, 9.17) is 0 Å². The molecular formula is C17H16N4O3S. The van der Waals surface area contributed by atoms with E-state index < -0.39 is 10.0 Å². The molecule has 1 aromatic heterocycles. The summed E-state index contributed by atoms with van der Waals surface area (Å²) in [6.07, 6.45) is 0. The smallest absolute Gasteiger partial charge is 0.263 e. The first-order valence-corrected chi connectivity index (χ1v) is 8.97. The summed E-state index contributed by atoms with van der Waals surface area (Å²) in [5.74, 6) is -0.0413. The zero-order valence-electron chi connectivity index (χ0n) is 13.6. The summed E-state index contributed by atoms with van der Waals surface area (Å²) in [5.41, 5.74) is 2.31. The van der Waals surface area contributed by atoms with Crippen LogP contribution in [0, 0.1) is 6.92 Å². The molecular weight excluding hydrogens is 340 g/mol. The van der Waals surface area contributed by atoms with Gasteiger partial charge in [-0.15, -0.1) is 0 Å². The monoisotopic (exact) mass is 356 g/mol. The van der Waals surface area contributed by atoms with Crippen LogP contribution >= 0.6 is 0 Å². The number of hydrogen-bond donors (Lipinski definition) is 2. The van der Waals surface area contributed by atoms with Crippen LogP contribution in [0.5, 0.6) is 0 Å². The first kappa shape index (κ1) is 16.8. The standard InChI is InChI=1S/C17H16N4O3S/c1-11-17(20-16-6-4-3-5-15(16)18-11)21-25(23,24)14-9-7-13(8-10-14)19-12(2)22/h3-10H,1-2H3,(H,19,22)(H,20,21). The van der Waals surface area contributed by atoms with Crippen molar-refractivity contribution in [2.75, 3.05) is 10.0 Å². The topological polar surface area (TPSA) is 101 Å². The van der Waals surface area contributed by atoms with E-state index in [9.17, 15) is 13.2 Å². The van der Waals surface area contributed by atoms with E-state index in [0.717, 1.165) is 0 Å². The van der Waals surface area contributed by atoms with Crippen molar-refractivity contribution in [2.45, 2.75) is 18.7 Å². The Morgan fingerprint density at radius 2 is 1.56 bits per heavy atom. The zero-order valence-corrected chi connectivity index (χ0v) is 14.5. The van der Waals surface area contributed by atoms with Crippen LogP contribution in [0.3, 0.4) is 0 Å². The summed E-state index contributed by atoms with van der Waals surface area (Å²) in [7, 11) is -3.81. The second-order valence-corrected chi connectivity index (χ2v) is 7.14. The third kappa shape index (κ3) is 3.74. The first-order valence-electron chi connectivity index (χ1n) is 7.49. The molecule has 0 unspecified atom stereocenters. The Bertz CT molecular complexity index is 1050. The number of amides is 1. The van der Waals surface area contributed by atoms with Gasteiger partial charge in [0.1, 0.15) is 0 Å². The molecule has 0 saturated heterocycles. The Morgan fingerprint density at radius 1 is 0.960 bits per heavy atom. The third-order valence-electron chi connectivity index (χ3n) is 3.46. The average molecular weight is 356 g/mol. The van der Waals surface area contributed by atoms with Gasteiger partial charge in [0.25, 0.3) is 10.0 Å². The number of aryl methyl sites for hydroxylation is 1. The van der Waals surface area contributed by atoms with Gasteiger partial charge >= 0.3 is 0 Å². The van der Waals surface area contributed by atoms with Crippen molar-refractivity contribution < 1.29 is 13.2 Å². The first-order chi connectivity index (χ1) is 11.8. The van der Waals surface area contributed by atoms with Crippen LogP contribution in [-0.4, -0.2) is 24.3 Å². The van der Waals surface area contributed by atoms with E-state index in [2.05, 4.69) is 20.0 Å². The van der Waals surface area contributed by atoms with Gasteiger partial charge in [-0.05, 0) is 43.3 Å². The SMILES string of the molecule is CC(=O)Nc1ccc(S(=O)(=O)Nc2nc3ccccc3nc2C)cc1. The van der Waals surface area contributed by atoms with Crippen LogP contribution < -0.4 is 10.0 Å². The van der Waals surface area contributed by atoms with Crippen LogP contribution in [0.25, 0.3) is 11.0 Å². The molecule has 0 atom stereocenters. The van der Waals surface area contributed by atoms with Crippen LogP contribution in [-0.2, 0) is 14.8 Å². The van der Waals surface area contributed by atoms with E-state index in [-0.39, 0.29) is 16.6 Å². The number of nitrogens with one attached hydrogen (secondary N) is 2. The molecule has 2 aromatic carbocycles. The Labute approximate surface area is 145 Å². The summed E-state index contributed by atoms with van der Waals surface area (Å²) < 4.78 is 27.6. The summed E-state index contributed by atoms with van der Waals surface area (Å²) in [6.45, 7) is 3.07. The van der Waals surface area contributed by atoms with Crippen molar-refractivity contribution in [1.29, 1.82) is 0 Å². The molecule has 0 fully saturated rings. The van der Waals surface area contributed by atoms with Crippen molar-refractivity contribution in [1.82, 2.24) is 9.97 Å². The Kier molecular flexibility index (Phi) is 4.37. The summed E-state index contributed by atoms with van der Waals surface area (Å²) in [5, 5.41) is 2.59. The van der Waals surface area contributed by atoms with E-state index >= 15 is 0 Å². The molecule has 1 amide bonds. The number of fused-ring (bicyclic) bond motifs is 1. The van der Waals surface area contributed by atoms with E-state index in [1.165, 1.54) is 31.2 Å². The number of carbonyl (C=O) groups excluding carboxylic acids is 1. The molecule has 0 aliphatic heterocycles. The molecule has 0 aliphatic carbocycles. The van der Waals surface area contributed by atoms with Gasteiger partial charge in [0.15, 0.2) is 5.82 Å². The maximum Gasteiger partial charge on any atom is 0.263 e. The van der Waals surface area contributed by atoms with Crippen molar-refractivity contribution in [3.63, 3.8) is 0 Å². The molecule has 7 nitrogen and oxygen atoms in total. The third-order valence-corrected chi connectivity index (χ3v) is 4.82. The highest BCUT2D eigenvalue weighted by Gasteiger charge is 2.17. The highest BCUT2D eigenvalue weighted by molar-refractivity contribution is 7.92. The van der Waals surface area contributed by atoms with Crippen molar-refractivity contribution in [3.05, 3.63) is 54.2 Å². The number of para-hydroxylation sites is 2. The van der Waals surface area contributed by atoms with Crippen molar-refractivity contribution >= 4 is 38.5 Å². The highest BCUT2D eigenvalue weighted by Crippen LogP contribution is 2.21. The number of hydrogen-bond acceptors (Lipinski definition) is 5. The molecule has 2 N–H and O–H groups in total. The normalized spacial score (nSPS) is 11.3. The van der Waals surface area contributed by atoms with E-state index in [0.29, 0.717) is 22.4 Å². The van der Waals surface area contributed by atoms with Crippen LogP contribution in [0.2, 0.25) is 0 Å². The number of rotatable bonds is 4. The lowest BCUT2D eigenvalue weighted by Crippen LogP contribution is -2.15. The van der Waals surface area contributed by atoms with Gasteiger partial charge in [0, 0.05) is 12.6 Å². The lowest BCUT2D eigenvalue weighted by molar-refractivity contribution is -0.114. The second-order valence-electron chi connectivity index (χ2n) is 5.46. The van der Waals surface area contributed by atoms with Crippen molar-refractivity contribution in [2.24, 2.45) is 0 Å². The minimum atomic E-state index is -3.81. The van der Waals surface area contributed by atoms with Gasteiger partial charge in [-0.2, -0.15) is 0 Å². The van der Waals surface area contributed by atoms with Gasteiger partial charge in [-0.25, -0.2) is 18.4 Å². The van der Waals surface area contributed by atoms with E-state index in [1.54, 1.807) is 13.0 Å². The maximum absolute atomic E-state index is 12.6. The minimum absolute atomic E-state index is 0.0657. The molecule has 0 spiro atoms. The molecule has 0 radical (unpaired) electrons. The fourth-order valence-electron chi connectivity index (χ4n) is 2.29. The quantitative estimate of drug-likeness (QED) is 0.748. The molecule has 8 heteroatoms. The fourth-order valence-corrected chi connectivity index (χ4v) is 3.35.